The van der Waals surface area contributed by atoms with Gasteiger partial charge < -0.3 is 9.47 Å². The highest BCUT2D eigenvalue weighted by atomic mass is 32.1. The summed E-state index contributed by atoms with van der Waals surface area (Å²) in [5.74, 6) is 1.28. The maximum atomic E-state index is 9.64. The maximum absolute atomic E-state index is 9.64. The number of nitriles is 1. The molecule has 0 saturated heterocycles. The van der Waals surface area contributed by atoms with Gasteiger partial charge in [-0.1, -0.05) is 24.3 Å². The smallest absolute Gasteiger partial charge is 0.168 e. The Morgan fingerprint density at radius 2 is 2.00 bits per heavy atom. The molecule has 0 bridgehead atoms. The van der Waals surface area contributed by atoms with E-state index in [1.165, 1.54) is 11.3 Å². The van der Waals surface area contributed by atoms with Gasteiger partial charge in [0, 0.05) is 5.56 Å². The van der Waals surface area contributed by atoms with E-state index in [0.29, 0.717) is 22.1 Å². The molecule has 1 heterocycles. The second kappa shape index (κ2) is 7.37. The molecule has 25 heavy (non-hydrogen) atoms. The van der Waals surface area contributed by atoms with Gasteiger partial charge in [0.25, 0.3) is 0 Å². The molecule has 1 aromatic heterocycles. The van der Waals surface area contributed by atoms with E-state index in [-0.39, 0.29) is 6.10 Å². The predicted molar refractivity (Wildman–Crippen MR) is 102 cm³/mol. The first-order valence-electron chi connectivity index (χ1n) is 7.93. The van der Waals surface area contributed by atoms with Gasteiger partial charge in [-0.15, -0.1) is 11.3 Å². The highest BCUT2D eigenvalue weighted by Gasteiger charge is 2.14. The van der Waals surface area contributed by atoms with E-state index in [0.717, 1.165) is 15.8 Å². The molecule has 0 unspecified atom stereocenters. The van der Waals surface area contributed by atoms with Crippen LogP contribution in [-0.2, 0) is 0 Å². The van der Waals surface area contributed by atoms with Gasteiger partial charge in [-0.25, -0.2) is 4.98 Å². The standard InChI is InChI=1S/C20H18N2O2S/c1-13(2)24-19-14(7-6-9-17(19)23-3)11-15(12-21)20-22-16-8-4-5-10-18(16)25-20/h4-11,13H,1-3H3. The summed E-state index contributed by atoms with van der Waals surface area (Å²) >= 11 is 1.50. The Bertz CT molecular complexity index is 934. The second-order valence-corrected chi connectivity index (χ2v) is 6.73. The van der Waals surface area contributed by atoms with Crippen LogP contribution in [0.1, 0.15) is 24.4 Å². The molecule has 0 aliphatic rings. The molecular weight excluding hydrogens is 332 g/mol. The first-order valence-corrected chi connectivity index (χ1v) is 8.75. The molecule has 0 atom stereocenters. The van der Waals surface area contributed by atoms with Gasteiger partial charge in [-0.3, -0.25) is 0 Å². The van der Waals surface area contributed by atoms with Crippen LogP contribution in [-0.4, -0.2) is 18.2 Å². The third-order valence-corrected chi connectivity index (χ3v) is 4.60. The molecule has 4 nitrogen and oxygen atoms in total. The predicted octanol–water partition coefficient (Wildman–Crippen LogP) is 5.16. The van der Waals surface area contributed by atoms with Crippen molar-refractivity contribution in [3.05, 3.63) is 53.0 Å². The number of hydrogen-bond donors (Lipinski definition) is 0. The average Bonchev–Trinajstić information content (AvgIpc) is 3.04. The molecule has 0 aliphatic carbocycles. The molecule has 0 aliphatic heterocycles. The normalized spacial score (nSPS) is 11.6. The van der Waals surface area contributed by atoms with Crippen molar-refractivity contribution < 1.29 is 9.47 Å². The van der Waals surface area contributed by atoms with Crippen molar-refractivity contribution in [3.63, 3.8) is 0 Å². The van der Waals surface area contributed by atoms with Crippen molar-refractivity contribution >= 4 is 33.2 Å². The Kier molecular flexibility index (Phi) is 5.01. The van der Waals surface area contributed by atoms with Crippen molar-refractivity contribution in [1.29, 1.82) is 5.26 Å². The average molecular weight is 350 g/mol. The summed E-state index contributed by atoms with van der Waals surface area (Å²) in [6.45, 7) is 3.91. The van der Waals surface area contributed by atoms with E-state index in [1.807, 2.05) is 56.3 Å². The van der Waals surface area contributed by atoms with Crippen molar-refractivity contribution in [1.82, 2.24) is 4.98 Å². The Labute approximate surface area is 151 Å². The molecule has 0 saturated carbocycles. The van der Waals surface area contributed by atoms with Gasteiger partial charge in [0.05, 0.1) is 29.0 Å². The highest BCUT2D eigenvalue weighted by molar-refractivity contribution is 7.19. The topological polar surface area (TPSA) is 55.1 Å². The minimum atomic E-state index is -0.00330. The van der Waals surface area contributed by atoms with Crippen LogP contribution in [0.15, 0.2) is 42.5 Å². The molecular formula is C20H18N2O2S. The van der Waals surface area contributed by atoms with Crippen LogP contribution < -0.4 is 9.47 Å². The van der Waals surface area contributed by atoms with Gasteiger partial charge in [-0.05, 0) is 38.1 Å². The van der Waals surface area contributed by atoms with Gasteiger partial charge >= 0.3 is 0 Å². The number of hydrogen-bond acceptors (Lipinski definition) is 5. The third-order valence-electron chi connectivity index (χ3n) is 3.53. The first-order chi connectivity index (χ1) is 12.1. The van der Waals surface area contributed by atoms with Gasteiger partial charge in [0.15, 0.2) is 11.5 Å². The number of thiazole rings is 1. The second-order valence-electron chi connectivity index (χ2n) is 5.70. The van der Waals surface area contributed by atoms with E-state index in [9.17, 15) is 5.26 Å². The van der Waals surface area contributed by atoms with Crippen molar-refractivity contribution in [3.8, 4) is 17.6 Å². The van der Waals surface area contributed by atoms with E-state index in [4.69, 9.17) is 9.47 Å². The molecule has 3 rings (SSSR count). The lowest BCUT2D eigenvalue weighted by Gasteiger charge is -2.16. The number of rotatable bonds is 5. The zero-order valence-electron chi connectivity index (χ0n) is 14.3. The quantitative estimate of drug-likeness (QED) is 0.597. The fourth-order valence-electron chi connectivity index (χ4n) is 2.45. The molecule has 0 amide bonds. The van der Waals surface area contributed by atoms with Crippen LogP contribution >= 0.6 is 11.3 Å². The zero-order valence-corrected chi connectivity index (χ0v) is 15.1. The maximum Gasteiger partial charge on any atom is 0.168 e. The SMILES string of the molecule is COc1cccc(C=C(C#N)c2nc3ccccc3s2)c1OC(C)C. The zero-order chi connectivity index (χ0) is 17.8. The summed E-state index contributed by atoms with van der Waals surface area (Å²) in [6, 6.07) is 15.8. The lowest BCUT2D eigenvalue weighted by Crippen LogP contribution is -2.08. The molecule has 0 spiro atoms. The van der Waals surface area contributed by atoms with Crippen LogP contribution in [0.2, 0.25) is 0 Å². The van der Waals surface area contributed by atoms with Gasteiger partial charge in [-0.2, -0.15) is 5.26 Å². The number of methoxy groups -OCH3 is 1. The van der Waals surface area contributed by atoms with E-state index in [2.05, 4.69) is 11.1 Å². The number of benzene rings is 2. The van der Waals surface area contributed by atoms with Crippen LogP contribution in [0, 0.1) is 11.3 Å². The Morgan fingerprint density at radius 3 is 2.68 bits per heavy atom. The number of fused-ring (bicyclic) bond motifs is 1. The summed E-state index contributed by atoms with van der Waals surface area (Å²) in [4.78, 5) is 4.57. The molecule has 0 N–H and O–H groups in total. The largest absolute Gasteiger partial charge is 0.493 e. The van der Waals surface area contributed by atoms with E-state index >= 15 is 0 Å². The minimum Gasteiger partial charge on any atom is -0.493 e. The number of para-hydroxylation sites is 2. The molecule has 2 aromatic carbocycles. The lowest BCUT2D eigenvalue weighted by molar-refractivity contribution is 0.229. The van der Waals surface area contributed by atoms with Crippen LogP contribution in [0.25, 0.3) is 21.9 Å². The number of nitrogens with zero attached hydrogens (tertiary/aromatic N) is 2. The Hall–Kier alpha value is -2.84. The van der Waals surface area contributed by atoms with Crippen LogP contribution in [0.5, 0.6) is 11.5 Å². The number of aromatic nitrogens is 1. The first kappa shape index (κ1) is 17.0. The number of allylic oxidation sites excluding steroid dienone is 1. The molecule has 0 radical (unpaired) electrons. The van der Waals surface area contributed by atoms with Crippen molar-refractivity contribution in [2.45, 2.75) is 20.0 Å². The molecule has 0 fully saturated rings. The summed E-state index contributed by atoms with van der Waals surface area (Å²) in [7, 11) is 1.61. The van der Waals surface area contributed by atoms with Gasteiger partial charge in [0.1, 0.15) is 11.1 Å². The Balaban J connectivity index is 2.09. The van der Waals surface area contributed by atoms with Crippen LogP contribution in [0.3, 0.4) is 0 Å². The fourth-order valence-corrected chi connectivity index (χ4v) is 3.39. The fraction of sp³-hybridized carbons (Fsp3) is 0.200. The van der Waals surface area contributed by atoms with Crippen LogP contribution in [0.4, 0.5) is 0 Å². The highest BCUT2D eigenvalue weighted by Crippen LogP contribution is 2.35. The molecule has 5 heteroatoms. The number of ether oxygens (including phenoxy) is 2. The molecule has 126 valence electrons. The minimum absolute atomic E-state index is 0.00330. The summed E-state index contributed by atoms with van der Waals surface area (Å²) in [6.07, 6.45) is 1.80. The van der Waals surface area contributed by atoms with Crippen molar-refractivity contribution in [2.24, 2.45) is 0 Å². The summed E-state index contributed by atoms with van der Waals surface area (Å²) in [5, 5.41) is 10.3. The Morgan fingerprint density at radius 1 is 1.20 bits per heavy atom. The van der Waals surface area contributed by atoms with E-state index < -0.39 is 0 Å². The van der Waals surface area contributed by atoms with Crippen molar-refractivity contribution in [2.75, 3.05) is 7.11 Å². The summed E-state index contributed by atoms with van der Waals surface area (Å²) in [5.41, 5.74) is 2.19. The lowest BCUT2D eigenvalue weighted by atomic mass is 10.1. The van der Waals surface area contributed by atoms with Gasteiger partial charge in [0.2, 0.25) is 0 Å². The van der Waals surface area contributed by atoms with E-state index in [1.54, 1.807) is 13.2 Å². The summed E-state index contributed by atoms with van der Waals surface area (Å²) < 4.78 is 12.4. The molecule has 3 aromatic rings. The third kappa shape index (κ3) is 3.65. The monoisotopic (exact) mass is 350 g/mol.